The summed E-state index contributed by atoms with van der Waals surface area (Å²) in [6.45, 7) is 1.08. The molecule has 5 rings (SSSR count). The van der Waals surface area contributed by atoms with Crippen molar-refractivity contribution in [3.8, 4) is 5.75 Å². The van der Waals surface area contributed by atoms with Crippen LogP contribution in [0.3, 0.4) is 0 Å². The van der Waals surface area contributed by atoms with E-state index in [-0.39, 0.29) is 223 Å². The van der Waals surface area contributed by atoms with Crippen molar-refractivity contribution in [2.75, 3.05) is 70.4 Å². The second-order valence-corrected chi connectivity index (χ2v) is 35.2. The molecule has 52 heteroatoms. The molecule has 3 aromatic rings. The van der Waals surface area contributed by atoms with Crippen LogP contribution in [0.4, 0.5) is 4.79 Å². The quantitative estimate of drug-likeness (QED) is 0.0108. The molecular formula is C84H137N33O17S2. The highest BCUT2D eigenvalue weighted by atomic mass is 33.1. The van der Waals surface area contributed by atoms with Gasteiger partial charge in [-0.15, -0.1) is 0 Å². The number of nitrogens with two attached hydrogens (primary N) is 14. The molecule has 2 aliphatic rings. The van der Waals surface area contributed by atoms with Crippen molar-refractivity contribution in [2.24, 2.45) is 105 Å². The largest absolute Gasteiger partial charge is 0.508 e. The Bertz CT molecular complexity index is 4630. The fourth-order valence-corrected chi connectivity index (χ4v) is 16.7. The van der Waals surface area contributed by atoms with Crippen LogP contribution in [0.2, 0.25) is 0 Å². The average molecular weight is 1950 g/mol. The van der Waals surface area contributed by atoms with Gasteiger partial charge in [0.2, 0.25) is 76.8 Å². The molecule has 0 saturated carbocycles. The maximum absolute atomic E-state index is 15.6. The number of urea groups is 1. The number of guanidine groups is 5. The minimum atomic E-state index is -1.83. The van der Waals surface area contributed by atoms with Gasteiger partial charge in [0.1, 0.15) is 84.3 Å². The predicted octanol–water partition coefficient (Wildman–Crippen LogP) is -8.06. The van der Waals surface area contributed by atoms with Crippen LogP contribution >= 0.6 is 21.6 Å². The molecular weight excluding hydrogens is 1810 g/mol. The minimum Gasteiger partial charge on any atom is -0.508 e. The number of phenols is 1. The Kier molecular flexibility index (Phi) is 50.4. The van der Waals surface area contributed by atoms with E-state index in [0.29, 0.717) is 29.4 Å². The third kappa shape index (κ3) is 42.4. The first-order valence-corrected chi connectivity index (χ1v) is 47.4. The number of phenolic OH excluding ortho intramolecular Hbond substituents is 1. The number of fused-ring (bicyclic) bond motifs is 2. The monoisotopic (exact) mass is 1940 g/mol. The van der Waals surface area contributed by atoms with E-state index in [4.69, 9.17) is 80.3 Å². The maximum atomic E-state index is 15.6. The smallest absolute Gasteiger partial charge is 0.326 e. The lowest BCUT2D eigenvalue weighted by molar-refractivity contribution is -0.142. The second kappa shape index (κ2) is 60.7. The Morgan fingerprint density at radius 3 is 1.46 bits per heavy atom. The van der Waals surface area contributed by atoms with Crippen LogP contribution in [0.1, 0.15) is 146 Å². The molecule has 0 unspecified atom stereocenters. The molecule has 2 saturated heterocycles. The van der Waals surface area contributed by atoms with Gasteiger partial charge >= 0.3 is 12.0 Å². The van der Waals surface area contributed by atoms with Gasteiger partial charge in [0, 0.05) is 70.2 Å². The van der Waals surface area contributed by atoms with E-state index in [2.05, 4.69) is 94.1 Å². The number of hydrogen-bond donors (Lipinski definition) is 29. The number of hydrogen-bond acceptors (Lipinski definition) is 26. The Labute approximate surface area is 795 Å². The lowest BCUT2D eigenvalue weighted by Crippen LogP contribution is -2.61. The zero-order valence-electron chi connectivity index (χ0n) is 76.4. The number of aliphatic carboxylic acids is 1. The number of carboxylic acid groups (broad SMARTS) is 1. The number of nitrogens with one attached hydrogen (secondary N) is 13. The van der Waals surface area contributed by atoms with Gasteiger partial charge in [-0.05, 0) is 182 Å². The van der Waals surface area contributed by atoms with Gasteiger partial charge in [-0.1, -0.05) is 76.2 Å². The van der Waals surface area contributed by atoms with Crippen molar-refractivity contribution < 1.29 is 82.1 Å². The normalized spacial score (nSPS) is 20.7. The Morgan fingerprint density at radius 1 is 0.463 bits per heavy atom. The van der Waals surface area contributed by atoms with Crippen LogP contribution in [-0.4, -0.2) is 289 Å². The van der Waals surface area contributed by atoms with Crippen molar-refractivity contribution in [1.29, 1.82) is 0 Å². The molecule has 50 nitrogen and oxygen atoms in total. The Hall–Kier alpha value is -13.5. The van der Waals surface area contributed by atoms with Gasteiger partial charge in [0.25, 0.3) is 0 Å². The number of rotatable bonds is 45. The number of nitrogens with zero attached hydrogens (tertiary/aromatic N) is 6. The van der Waals surface area contributed by atoms with Crippen molar-refractivity contribution in [1.82, 2.24) is 74.0 Å². The third-order valence-electron chi connectivity index (χ3n) is 21.6. The number of carbonyl (C=O) groups is 15. The highest BCUT2D eigenvalue weighted by Gasteiger charge is 2.42. The fraction of sp³-hybridized carbons (Fsp3) is 0.571. The van der Waals surface area contributed by atoms with Crippen LogP contribution in [0.15, 0.2) is 91.7 Å². The molecule has 0 bridgehead atoms. The highest BCUT2D eigenvalue weighted by molar-refractivity contribution is 8.76. The van der Waals surface area contributed by atoms with Gasteiger partial charge < -0.3 is 165 Å². The van der Waals surface area contributed by atoms with Gasteiger partial charge in [0.15, 0.2) is 29.8 Å². The SMILES string of the molecule is C[C@@H]1NC(=O)[C@@H](NC(=O)[C@H](Cc2ccc3ccccc3c2)NC(=O)[C@H](CCCN=C(N)N)NC(=O)[C@@H](N)CCCN=C(N)N)CSSC[C@@H](C(=O)N[C@@H](CCCN=C(N)N)C(=O)O)NC(=O)[C@H](CCCNC(N)=O)NC(=O)[C@H](CCCN=C(N)N)NC(=O)[C@H](Cc2ccc(O)cc2)NC(=O)[C@@H]2CCCN2C(=O)[C@@H](CCCCN)NC(=O)[C@H](CCCCN)NC(=O)[C@H](CCCN=C(N)N)NC1=O. The molecule has 43 N–H and O–H groups in total. The molecule has 752 valence electrons. The highest BCUT2D eigenvalue weighted by Crippen LogP contribution is 2.26. The summed E-state index contributed by atoms with van der Waals surface area (Å²) in [6, 6.07) is -5.00. The molecule has 0 radical (unpaired) electrons. The zero-order valence-corrected chi connectivity index (χ0v) is 78.0. The number of aromatic hydroxyl groups is 1. The predicted molar refractivity (Wildman–Crippen MR) is 516 cm³/mol. The summed E-state index contributed by atoms with van der Waals surface area (Å²) in [4.78, 5) is 242. The topological polar surface area (TPSA) is 882 Å². The number of primary amides is 1. The van der Waals surface area contributed by atoms with E-state index in [0.717, 1.165) is 27.0 Å². The van der Waals surface area contributed by atoms with Gasteiger partial charge in [-0.25, -0.2) is 9.59 Å². The molecule has 14 atom stereocenters. The molecule has 3 aromatic carbocycles. The summed E-state index contributed by atoms with van der Waals surface area (Å²) >= 11 is 0. The number of benzene rings is 3. The van der Waals surface area contributed by atoms with Crippen LogP contribution in [0.5, 0.6) is 5.75 Å². The van der Waals surface area contributed by atoms with E-state index in [9.17, 15) is 34.2 Å². The molecule has 0 spiro atoms. The number of carboxylic acids is 1. The average Bonchev–Trinajstić information content (AvgIpc) is 1.69. The minimum absolute atomic E-state index is 0.00846. The number of carbonyl (C=O) groups excluding carboxylic acids is 14. The Morgan fingerprint density at radius 2 is 0.919 bits per heavy atom. The second-order valence-electron chi connectivity index (χ2n) is 32.6. The molecule has 0 aromatic heterocycles. The first-order valence-electron chi connectivity index (χ1n) is 44.9. The standard InChI is InChI=1S/C84H137N33O17S2/c1-46-65(119)106-54(20-9-35-100-80(90)91)67(121)108-53(18-4-6-32-85)69(123)111-58(19-5-7-33-86)77(131)117-40-14-25-64(117)76(130)114-60(42-47-27-30-51(118)31-28-47)72(126)110-56(22-11-37-102-82(94)95)68(122)109-57(23-12-39-104-84(98)134)71(125)115-63(75(129)112-59(78(132)133)24-13-38-103-83(96)97)45-136-135-44-62(74(128)105-46)116-73(127)61(43-48-26-29-49-15-2-3-16-50(49)41-48)113-70(124)55(21-10-36-101-81(92)93)107-66(120)52(87)17-8-34-99-79(88)89/h2-3,15-16,26-31,41,46,52-64,118H,4-14,17-25,32-40,42-45,85-87H2,1H3,(H,105,128)(H,106,119)(H,107,120)(H,108,121)(H,109,122)(H,110,126)(H,111,123)(H,112,129)(H,113,124)(H,114,130)(H,115,125)(H,116,127)(H,132,133)(H4,88,89,99)(H4,90,91,100)(H4,92,93,101)(H4,94,95,102)(H4,96,97,103)(H3,98,104,134)/t46-,52-,53-,54-,55-,56-,57-,58+,59-,60-,61-,62-,63-,64-/m0/s1. The van der Waals surface area contributed by atoms with Crippen molar-refractivity contribution in [2.45, 2.75) is 233 Å². The van der Waals surface area contributed by atoms with Crippen molar-refractivity contribution >= 4 is 151 Å². The van der Waals surface area contributed by atoms with E-state index >= 15 is 47.9 Å². The maximum Gasteiger partial charge on any atom is 0.326 e. The molecule has 2 fully saturated rings. The molecule has 0 aliphatic carbocycles. The van der Waals surface area contributed by atoms with E-state index < -0.39 is 185 Å². The molecule has 136 heavy (non-hydrogen) atoms. The molecule has 15 amide bonds. The zero-order chi connectivity index (χ0) is 100. The number of aliphatic imine (C=N–C) groups is 5. The van der Waals surface area contributed by atoms with Crippen LogP contribution < -0.4 is 149 Å². The lowest BCUT2D eigenvalue weighted by atomic mass is 10.00. The van der Waals surface area contributed by atoms with Crippen LogP contribution in [0.25, 0.3) is 10.8 Å². The lowest BCUT2D eigenvalue weighted by Gasteiger charge is -2.31. The summed E-state index contributed by atoms with van der Waals surface area (Å²) in [5.74, 6) is -16.9. The van der Waals surface area contributed by atoms with Crippen LogP contribution in [-0.2, 0) is 80.0 Å². The van der Waals surface area contributed by atoms with Crippen molar-refractivity contribution in [3.05, 3.63) is 77.9 Å². The summed E-state index contributed by atoms with van der Waals surface area (Å²) in [6.07, 6.45) is -0.421. The summed E-state index contributed by atoms with van der Waals surface area (Å²) in [7, 11) is 1.53. The molecule has 2 heterocycles. The molecule has 2 aliphatic heterocycles. The van der Waals surface area contributed by atoms with E-state index in [1.165, 1.54) is 36.1 Å². The summed E-state index contributed by atoms with van der Waals surface area (Å²) < 4.78 is 0. The van der Waals surface area contributed by atoms with Crippen LogP contribution in [0, 0.1) is 0 Å². The van der Waals surface area contributed by atoms with Gasteiger partial charge in [0.05, 0.1) is 6.04 Å². The summed E-state index contributed by atoms with van der Waals surface area (Å²) in [5.41, 5.74) is 80.7. The number of amides is 15. The Balaban J connectivity index is 1.78. The third-order valence-corrected chi connectivity index (χ3v) is 24.1. The number of unbranched alkanes of at least 4 members (excludes halogenated alkanes) is 2. The first kappa shape index (κ1) is 113. The van der Waals surface area contributed by atoms with Crippen molar-refractivity contribution in [3.63, 3.8) is 0 Å². The first-order chi connectivity index (χ1) is 64.8. The van der Waals surface area contributed by atoms with Gasteiger partial charge in [-0.2, -0.15) is 0 Å². The van der Waals surface area contributed by atoms with E-state index in [1.807, 2.05) is 6.07 Å². The van der Waals surface area contributed by atoms with Gasteiger partial charge in [-0.3, -0.25) is 87.3 Å². The van der Waals surface area contributed by atoms with E-state index in [1.54, 1.807) is 36.4 Å². The fourth-order valence-electron chi connectivity index (χ4n) is 14.4. The summed E-state index contributed by atoms with van der Waals surface area (Å²) in [5, 5.41) is 56.8.